The summed E-state index contributed by atoms with van der Waals surface area (Å²) in [5, 5.41) is 1.07. The van der Waals surface area contributed by atoms with Crippen molar-refractivity contribution < 1.29 is 0 Å². The molecular formula is C12H11BrN2S. The minimum Gasteiger partial charge on any atom is -0.398 e. The molecule has 2 heterocycles. The third-order valence-corrected chi connectivity index (χ3v) is 4.55. The number of halogens is 1. The lowest BCUT2D eigenvalue weighted by Gasteiger charge is -2.18. The van der Waals surface area contributed by atoms with Gasteiger partial charge in [-0.05, 0) is 34.2 Å². The molecule has 0 radical (unpaired) electrons. The third kappa shape index (κ3) is 1.52. The van der Waals surface area contributed by atoms with Gasteiger partial charge in [-0.2, -0.15) is 11.8 Å². The van der Waals surface area contributed by atoms with Gasteiger partial charge in [0.1, 0.15) is 0 Å². The number of fused-ring (bicyclic) bond motifs is 2. The van der Waals surface area contributed by atoms with E-state index in [2.05, 4.69) is 15.9 Å². The zero-order valence-electron chi connectivity index (χ0n) is 8.66. The second kappa shape index (κ2) is 3.93. The molecule has 0 atom stereocenters. The fraction of sp³-hybridized carbons (Fsp3) is 0.250. The van der Waals surface area contributed by atoms with E-state index < -0.39 is 0 Å². The van der Waals surface area contributed by atoms with Crippen LogP contribution in [-0.2, 0) is 12.2 Å². The zero-order chi connectivity index (χ0) is 11.1. The minimum atomic E-state index is 0.911. The Balaban J connectivity index is 2.39. The predicted octanol–water partition coefficient (Wildman–Crippen LogP) is 3.37. The van der Waals surface area contributed by atoms with Crippen LogP contribution in [0.2, 0.25) is 0 Å². The van der Waals surface area contributed by atoms with Crippen molar-refractivity contribution in [2.45, 2.75) is 12.2 Å². The molecule has 0 aliphatic carbocycles. The van der Waals surface area contributed by atoms with E-state index in [1.165, 1.54) is 11.3 Å². The fourth-order valence-electron chi connectivity index (χ4n) is 2.08. The number of anilines is 1. The van der Waals surface area contributed by atoms with E-state index in [1.54, 1.807) is 0 Å². The van der Waals surface area contributed by atoms with E-state index in [1.807, 2.05) is 30.0 Å². The molecule has 0 unspecified atom stereocenters. The third-order valence-electron chi connectivity index (χ3n) is 2.93. The maximum atomic E-state index is 6.23. The number of benzene rings is 1. The summed E-state index contributed by atoms with van der Waals surface area (Å²) in [6, 6.07) is 6.06. The summed E-state index contributed by atoms with van der Waals surface area (Å²) in [4.78, 5) is 4.74. The van der Waals surface area contributed by atoms with Gasteiger partial charge in [0.2, 0.25) is 0 Å². The summed E-state index contributed by atoms with van der Waals surface area (Å²) >= 11 is 5.47. The SMILES string of the molecule is Nc1c2c(nc3c(Br)cccc13)CCSC2. The molecular weight excluding hydrogens is 284 g/mol. The lowest BCUT2D eigenvalue weighted by Crippen LogP contribution is -2.09. The Morgan fingerprint density at radius 3 is 3.12 bits per heavy atom. The Hall–Kier alpha value is -0.740. The van der Waals surface area contributed by atoms with Crippen LogP contribution in [0, 0.1) is 0 Å². The molecule has 1 aliphatic rings. The van der Waals surface area contributed by atoms with Crippen LogP contribution in [0.3, 0.4) is 0 Å². The summed E-state index contributed by atoms with van der Waals surface area (Å²) in [5.41, 5.74) is 10.6. The summed E-state index contributed by atoms with van der Waals surface area (Å²) in [6.07, 6.45) is 1.03. The van der Waals surface area contributed by atoms with E-state index in [4.69, 9.17) is 10.7 Å². The normalized spacial score (nSPS) is 15.1. The van der Waals surface area contributed by atoms with Gasteiger partial charge in [-0.3, -0.25) is 4.98 Å². The first-order valence-electron chi connectivity index (χ1n) is 5.20. The number of rotatable bonds is 0. The molecule has 0 fully saturated rings. The quantitative estimate of drug-likeness (QED) is 0.810. The molecule has 1 aliphatic heterocycles. The smallest absolute Gasteiger partial charge is 0.0868 e. The van der Waals surface area contributed by atoms with E-state index in [0.29, 0.717) is 0 Å². The van der Waals surface area contributed by atoms with Crippen molar-refractivity contribution in [1.82, 2.24) is 4.98 Å². The van der Waals surface area contributed by atoms with Gasteiger partial charge in [0, 0.05) is 32.6 Å². The minimum absolute atomic E-state index is 0.911. The van der Waals surface area contributed by atoms with Crippen LogP contribution in [0.4, 0.5) is 5.69 Å². The molecule has 2 nitrogen and oxygen atoms in total. The van der Waals surface area contributed by atoms with Crippen LogP contribution in [0.15, 0.2) is 22.7 Å². The fourth-order valence-corrected chi connectivity index (χ4v) is 3.54. The first-order valence-corrected chi connectivity index (χ1v) is 7.15. The van der Waals surface area contributed by atoms with Crippen LogP contribution >= 0.6 is 27.7 Å². The maximum Gasteiger partial charge on any atom is 0.0868 e. The highest BCUT2D eigenvalue weighted by atomic mass is 79.9. The van der Waals surface area contributed by atoms with Crippen LogP contribution in [0.1, 0.15) is 11.3 Å². The van der Waals surface area contributed by atoms with Gasteiger partial charge < -0.3 is 5.73 Å². The van der Waals surface area contributed by atoms with Crippen molar-refractivity contribution in [3.8, 4) is 0 Å². The molecule has 2 N–H and O–H groups in total. The number of nitrogens with zero attached hydrogens (tertiary/aromatic N) is 1. The molecule has 0 spiro atoms. The summed E-state index contributed by atoms with van der Waals surface area (Å²) in [5.74, 6) is 2.14. The Labute approximate surface area is 107 Å². The standard InChI is InChI=1S/C12H11BrN2S/c13-9-3-1-2-7-11(14)8-6-16-5-4-10(8)15-12(7)9/h1-3H,4-6H2,(H2,14,15). The first-order chi connectivity index (χ1) is 7.77. The Morgan fingerprint density at radius 2 is 2.25 bits per heavy atom. The van der Waals surface area contributed by atoms with Gasteiger partial charge >= 0.3 is 0 Å². The van der Waals surface area contributed by atoms with Crippen molar-refractivity contribution >= 4 is 44.3 Å². The van der Waals surface area contributed by atoms with Crippen LogP contribution < -0.4 is 5.73 Å². The van der Waals surface area contributed by atoms with Gasteiger partial charge in [-0.15, -0.1) is 0 Å². The zero-order valence-corrected chi connectivity index (χ0v) is 11.1. The first kappa shape index (κ1) is 10.4. The van der Waals surface area contributed by atoms with E-state index in [0.717, 1.165) is 39.0 Å². The maximum absolute atomic E-state index is 6.23. The molecule has 0 bridgehead atoms. The number of thioether (sulfide) groups is 1. The highest BCUT2D eigenvalue weighted by Crippen LogP contribution is 2.35. The average molecular weight is 295 g/mol. The topological polar surface area (TPSA) is 38.9 Å². The van der Waals surface area contributed by atoms with Crippen LogP contribution in [0.25, 0.3) is 10.9 Å². The molecule has 1 aromatic carbocycles. The molecule has 82 valence electrons. The summed E-state index contributed by atoms with van der Waals surface area (Å²) in [7, 11) is 0. The molecule has 0 amide bonds. The number of aromatic nitrogens is 1. The van der Waals surface area contributed by atoms with Crippen molar-refractivity contribution in [1.29, 1.82) is 0 Å². The number of nitrogen functional groups attached to an aromatic ring is 1. The highest BCUT2D eigenvalue weighted by Gasteiger charge is 2.17. The summed E-state index contributed by atoms with van der Waals surface area (Å²) < 4.78 is 1.03. The lowest BCUT2D eigenvalue weighted by molar-refractivity contribution is 1.01. The molecule has 2 aromatic rings. The van der Waals surface area contributed by atoms with E-state index >= 15 is 0 Å². The van der Waals surface area contributed by atoms with Crippen molar-refractivity contribution in [3.05, 3.63) is 33.9 Å². The second-order valence-corrected chi connectivity index (χ2v) is 5.85. The number of hydrogen-bond donors (Lipinski definition) is 1. The largest absolute Gasteiger partial charge is 0.398 e. The monoisotopic (exact) mass is 294 g/mol. The van der Waals surface area contributed by atoms with Gasteiger partial charge in [0.15, 0.2) is 0 Å². The average Bonchev–Trinajstić information content (AvgIpc) is 2.31. The van der Waals surface area contributed by atoms with E-state index in [-0.39, 0.29) is 0 Å². The van der Waals surface area contributed by atoms with Crippen molar-refractivity contribution in [3.63, 3.8) is 0 Å². The Morgan fingerprint density at radius 1 is 1.38 bits per heavy atom. The van der Waals surface area contributed by atoms with Gasteiger partial charge in [-0.25, -0.2) is 0 Å². The number of pyridine rings is 1. The second-order valence-electron chi connectivity index (χ2n) is 3.89. The molecule has 3 rings (SSSR count). The van der Waals surface area contributed by atoms with Gasteiger partial charge in [-0.1, -0.05) is 12.1 Å². The lowest BCUT2D eigenvalue weighted by atomic mass is 10.1. The van der Waals surface area contributed by atoms with Crippen molar-refractivity contribution in [2.24, 2.45) is 0 Å². The molecule has 16 heavy (non-hydrogen) atoms. The van der Waals surface area contributed by atoms with Crippen LogP contribution in [-0.4, -0.2) is 10.7 Å². The summed E-state index contributed by atoms with van der Waals surface area (Å²) in [6.45, 7) is 0. The molecule has 0 saturated carbocycles. The number of hydrogen-bond acceptors (Lipinski definition) is 3. The predicted molar refractivity (Wildman–Crippen MR) is 73.7 cm³/mol. The highest BCUT2D eigenvalue weighted by molar-refractivity contribution is 9.10. The number of aryl methyl sites for hydroxylation is 1. The Bertz CT molecular complexity index is 568. The van der Waals surface area contributed by atoms with Crippen molar-refractivity contribution in [2.75, 3.05) is 11.5 Å². The van der Waals surface area contributed by atoms with Crippen LogP contribution in [0.5, 0.6) is 0 Å². The number of para-hydroxylation sites is 1. The van der Waals surface area contributed by atoms with Gasteiger partial charge in [0.25, 0.3) is 0 Å². The van der Waals surface area contributed by atoms with Gasteiger partial charge in [0.05, 0.1) is 5.52 Å². The molecule has 0 saturated heterocycles. The molecule has 4 heteroatoms. The van der Waals surface area contributed by atoms with E-state index in [9.17, 15) is 0 Å². The number of nitrogens with two attached hydrogens (primary N) is 1. The molecule has 1 aromatic heterocycles. The Kier molecular flexibility index (Phi) is 2.56.